The van der Waals surface area contributed by atoms with Crippen LogP contribution in [0.25, 0.3) is 11.3 Å². The lowest BCUT2D eigenvalue weighted by Gasteiger charge is -2.28. The van der Waals surface area contributed by atoms with Crippen LogP contribution in [0.5, 0.6) is 0 Å². The molecule has 0 aliphatic carbocycles. The highest BCUT2D eigenvalue weighted by Gasteiger charge is 2.14. The number of pyridine rings is 1. The highest BCUT2D eigenvalue weighted by molar-refractivity contribution is 9.10. The molecule has 4 rings (SSSR count). The summed E-state index contributed by atoms with van der Waals surface area (Å²) in [6, 6.07) is 19.6. The van der Waals surface area contributed by atoms with E-state index in [-0.39, 0.29) is 5.91 Å². The summed E-state index contributed by atoms with van der Waals surface area (Å²) in [5.41, 5.74) is 5.03. The second-order valence-electron chi connectivity index (χ2n) is 6.94. The fraction of sp³-hybridized carbons (Fsp3) is 0.217. The SMILES string of the molecule is Cc1nc(-c2cccc(Br)c2)ccc1C(=O)Nc1ccc(N2CCOCC2)cc1. The molecule has 148 valence electrons. The summed E-state index contributed by atoms with van der Waals surface area (Å²) in [6.07, 6.45) is 0. The number of anilines is 2. The van der Waals surface area contributed by atoms with Crippen molar-refractivity contribution >= 4 is 33.2 Å². The van der Waals surface area contributed by atoms with E-state index in [2.05, 4.69) is 31.1 Å². The maximum Gasteiger partial charge on any atom is 0.257 e. The van der Waals surface area contributed by atoms with Gasteiger partial charge in [-0.1, -0.05) is 28.1 Å². The van der Waals surface area contributed by atoms with Gasteiger partial charge in [-0.2, -0.15) is 0 Å². The van der Waals surface area contributed by atoms with Crippen molar-refractivity contribution < 1.29 is 9.53 Å². The molecule has 5 nitrogen and oxygen atoms in total. The second-order valence-corrected chi connectivity index (χ2v) is 7.86. The zero-order valence-corrected chi connectivity index (χ0v) is 17.8. The van der Waals surface area contributed by atoms with Crippen LogP contribution in [0.15, 0.2) is 65.1 Å². The zero-order valence-electron chi connectivity index (χ0n) is 16.2. The van der Waals surface area contributed by atoms with E-state index in [4.69, 9.17) is 4.74 Å². The summed E-state index contributed by atoms with van der Waals surface area (Å²) in [6.45, 7) is 5.14. The molecule has 6 heteroatoms. The largest absolute Gasteiger partial charge is 0.378 e. The van der Waals surface area contributed by atoms with E-state index in [0.717, 1.165) is 53.4 Å². The molecule has 1 N–H and O–H groups in total. The van der Waals surface area contributed by atoms with Gasteiger partial charge >= 0.3 is 0 Å². The number of halogens is 1. The summed E-state index contributed by atoms with van der Waals surface area (Å²) in [5.74, 6) is -0.157. The Balaban J connectivity index is 1.47. The predicted molar refractivity (Wildman–Crippen MR) is 120 cm³/mol. The Kier molecular flexibility index (Phi) is 5.92. The Morgan fingerprint density at radius 3 is 2.52 bits per heavy atom. The van der Waals surface area contributed by atoms with Gasteiger partial charge in [0.05, 0.1) is 30.2 Å². The van der Waals surface area contributed by atoms with Crippen molar-refractivity contribution in [2.75, 3.05) is 36.5 Å². The van der Waals surface area contributed by atoms with Crippen molar-refractivity contribution in [3.8, 4) is 11.3 Å². The number of benzene rings is 2. The smallest absolute Gasteiger partial charge is 0.257 e. The lowest BCUT2D eigenvalue weighted by atomic mass is 10.1. The Labute approximate surface area is 178 Å². The Morgan fingerprint density at radius 1 is 1.07 bits per heavy atom. The first-order valence-electron chi connectivity index (χ1n) is 9.58. The van der Waals surface area contributed by atoms with Gasteiger partial charge in [0.25, 0.3) is 5.91 Å². The summed E-state index contributed by atoms with van der Waals surface area (Å²) < 4.78 is 6.39. The van der Waals surface area contributed by atoms with Crippen molar-refractivity contribution in [1.82, 2.24) is 4.98 Å². The van der Waals surface area contributed by atoms with Gasteiger partial charge in [0.1, 0.15) is 0 Å². The maximum absolute atomic E-state index is 12.7. The molecule has 2 aromatic carbocycles. The Hall–Kier alpha value is -2.70. The van der Waals surface area contributed by atoms with E-state index < -0.39 is 0 Å². The summed E-state index contributed by atoms with van der Waals surface area (Å²) in [5, 5.41) is 2.97. The van der Waals surface area contributed by atoms with Crippen molar-refractivity contribution in [3.05, 3.63) is 76.4 Å². The monoisotopic (exact) mass is 451 g/mol. The van der Waals surface area contributed by atoms with Crippen molar-refractivity contribution in [1.29, 1.82) is 0 Å². The van der Waals surface area contributed by atoms with Gasteiger partial charge in [-0.25, -0.2) is 0 Å². The molecule has 3 aromatic rings. The minimum atomic E-state index is -0.157. The average molecular weight is 452 g/mol. The first-order valence-corrected chi connectivity index (χ1v) is 10.4. The molecule has 1 aromatic heterocycles. The third-order valence-electron chi connectivity index (χ3n) is 4.95. The van der Waals surface area contributed by atoms with Crippen LogP contribution in [-0.4, -0.2) is 37.2 Å². The molecular weight excluding hydrogens is 430 g/mol. The number of ether oxygens (including phenoxy) is 1. The molecule has 0 radical (unpaired) electrons. The molecule has 1 aliphatic heterocycles. The fourth-order valence-electron chi connectivity index (χ4n) is 3.39. The van der Waals surface area contributed by atoms with E-state index in [1.807, 2.05) is 67.6 Å². The van der Waals surface area contributed by atoms with E-state index >= 15 is 0 Å². The van der Waals surface area contributed by atoms with E-state index in [9.17, 15) is 4.79 Å². The topological polar surface area (TPSA) is 54.5 Å². The minimum Gasteiger partial charge on any atom is -0.378 e. The van der Waals surface area contributed by atoms with Crippen LogP contribution >= 0.6 is 15.9 Å². The van der Waals surface area contributed by atoms with Gasteiger partial charge in [0, 0.05) is 34.5 Å². The highest BCUT2D eigenvalue weighted by atomic mass is 79.9. The standard InChI is InChI=1S/C23H22BrN3O2/c1-16-21(9-10-22(25-16)17-3-2-4-18(24)15-17)23(28)26-19-5-7-20(8-6-19)27-11-13-29-14-12-27/h2-10,15H,11-14H2,1H3,(H,26,28). The first kappa shape index (κ1) is 19.6. The molecule has 2 heterocycles. The molecule has 0 saturated carbocycles. The van der Waals surface area contributed by atoms with Gasteiger partial charge in [0.2, 0.25) is 0 Å². The number of morpholine rings is 1. The number of amides is 1. The molecule has 1 amide bonds. The number of carbonyl (C=O) groups excluding carboxylic acids is 1. The predicted octanol–water partition coefficient (Wildman–Crippen LogP) is 4.91. The summed E-state index contributed by atoms with van der Waals surface area (Å²) in [7, 11) is 0. The third-order valence-corrected chi connectivity index (χ3v) is 5.45. The van der Waals surface area contributed by atoms with E-state index in [1.165, 1.54) is 0 Å². The van der Waals surface area contributed by atoms with E-state index in [1.54, 1.807) is 0 Å². The van der Waals surface area contributed by atoms with Crippen molar-refractivity contribution in [2.45, 2.75) is 6.92 Å². The van der Waals surface area contributed by atoms with Crippen LogP contribution in [0.3, 0.4) is 0 Å². The number of hydrogen-bond donors (Lipinski definition) is 1. The highest BCUT2D eigenvalue weighted by Crippen LogP contribution is 2.23. The first-order chi connectivity index (χ1) is 14.1. The van der Waals surface area contributed by atoms with Crippen molar-refractivity contribution in [3.63, 3.8) is 0 Å². The minimum absolute atomic E-state index is 0.157. The van der Waals surface area contributed by atoms with Crippen LogP contribution in [-0.2, 0) is 4.74 Å². The van der Waals surface area contributed by atoms with Gasteiger partial charge in [-0.05, 0) is 55.5 Å². The average Bonchev–Trinajstić information content (AvgIpc) is 2.75. The summed E-state index contributed by atoms with van der Waals surface area (Å²) >= 11 is 3.48. The molecular formula is C23H22BrN3O2. The molecule has 0 spiro atoms. The zero-order chi connectivity index (χ0) is 20.2. The molecule has 0 bridgehead atoms. The Morgan fingerprint density at radius 2 is 1.83 bits per heavy atom. The number of nitrogens with one attached hydrogen (secondary N) is 1. The molecule has 1 saturated heterocycles. The molecule has 29 heavy (non-hydrogen) atoms. The van der Waals surface area contributed by atoms with Crippen molar-refractivity contribution in [2.24, 2.45) is 0 Å². The molecule has 0 unspecified atom stereocenters. The lowest BCUT2D eigenvalue weighted by Crippen LogP contribution is -2.36. The molecule has 0 atom stereocenters. The van der Waals surface area contributed by atoms with Crippen LogP contribution in [0.1, 0.15) is 16.1 Å². The number of hydrogen-bond acceptors (Lipinski definition) is 4. The number of rotatable bonds is 4. The van der Waals surface area contributed by atoms with Gasteiger partial charge in [0.15, 0.2) is 0 Å². The van der Waals surface area contributed by atoms with Gasteiger partial charge in [-0.3, -0.25) is 9.78 Å². The summed E-state index contributed by atoms with van der Waals surface area (Å²) in [4.78, 5) is 19.6. The van der Waals surface area contributed by atoms with Crippen LogP contribution in [0, 0.1) is 6.92 Å². The van der Waals surface area contributed by atoms with Crippen LogP contribution in [0.2, 0.25) is 0 Å². The van der Waals surface area contributed by atoms with Gasteiger partial charge < -0.3 is 15.0 Å². The van der Waals surface area contributed by atoms with Crippen LogP contribution in [0.4, 0.5) is 11.4 Å². The number of nitrogens with zero attached hydrogens (tertiary/aromatic N) is 2. The Bertz CT molecular complexity index is 1010. The molecule has 1 aliphatic rings. The maximum atomic E-state index is 12.7. The van der Waals surface area contributed by atoms with Gasteiger partial charge in [-0.15, -0.1) is 0 Å². The van der Waals surface area contributed by atoms with Crippen LogP contribution < -0.4 is 10.2 Å². The quantitative estimate of drug-likeness (QED) is 0.612. The molecule has 1 fully saturated rings. The second kappa shape index (κ2) is 8.76. The van der Waals surface area contributed by atoms with E-state index in [0.29, 0.717) is 11.3 Å². The normalized spacial score (nSPS) is 13.9. The number of carbonyl (C=O) groups is 1. The third kappa shape index (κ3) is 4.66. The lowest BCUT2D eigenvalue weighted by molar-refractivity contribution is 0.102. The number of aryl methyl sites for hydroxylation is 1. The number of aromatic nitrogens is 1. The fourth-order valence-corrected chi connectivity index (χ4v) is 3.78.